The molecule has 1 aliphatic heterocycles. The van der Waals surface area contributed by atoms with Crippen LogP contribution in [0.1, 0.15) is 51.8 Å². The molecule has 1 aromatic rings. The standard InChI is InChI=1S/C15H24N2OS/c1-11(2)6-4-5-8-17-14(13-7-9-19-10-13)16-12(3)15(17)18/h7,9-12,14,16H,4-6,8H2,1-3H3. The average Bonchev–Trinajstić information content (AvgIpc) is 2.96. The van der Waals surface area contributed by atoms with Crippen LogP contribution in [0, 0.1) is 5.92 Å². The normalized spacial score (nSPS) is 23.6. The van der Waals surface area contributed by atoms with Gasteiger partial charge in [-0.2, -0.15) is 11.3 Å². The minimum absolute atomic E-state index is 0.0602. The van der Waals surface area contributed by atoms with Crippen LogP contribution in [0.2, 0.25) is 0 Å². The zero-order chi connectivity index (χ0) is 13.8. The van der Waals surface area contributed by atoms with Crippen molar-refractivity contribution in [3.05, 3.63) is 22.4 Å². The molecule has 1 N–H and O–H groups in total. The van der Waals surface area contributed by atoms with Gasteiger partial charge >= 0.3 is 0 Å². The van der Waals surface area contributed by atoms with E-state index in [4.69, 9.17) is 0 Å². The highest BCUT2D eigenvalue weighted by atomic mass is 32.1. The molecule has 4 heteroatoms. The fourth-order valence-corrected chi connectivity index (χ4v) is 3.23. The van der Waals surface area contributed by atoms with Gasteiger partial charge in [0.15, 0.2) is 0 Å². The first-order chi connectivity index (χ1) is 9.09. The summed E-state index contributed by atoms with van der Waals surface area (Å²) in [6.07, 6.45) is 3.62. The van der Waals surface area contributed by atoms with Crippen molar-refractivity contribution in [3.8, 4) is 0 Å². The van der Waals surface area contributed by atoms with Crippen molar-refractivity contribution in [2.45, 2.75) is 52.2 Å². The Morgan fingerprint density at radius 3 is 2.84 bits per heavy atom. The number of amides is 1. The Morgan fingerprint density at radius 2 is 2.21 bits per heavy atom. The molecule has 0 bridgehead atoms. The average molecular weight is 280 g/mol. The molecule has 106 valence electrons. The lowest BCUT2D eigenvalue weighted by Gasteiger charge is -2.23. The molecule has 2 heterocycles. The molecule has 1 saturated heterocycles. The summed E-state index contributed by atoms with van der Waals surface area (Å²) >= 11 is 1.69. The summed E-state index contributed by atoms with van der Waals surface area (Å²) in [5.74, 6) is 0.986. The molecular formula is C15H24N2OS. The molecule has 0 radical (unpaired) electrons. The monoisotopic (exact) mass is 280 g/mol. The zero-order valence-corrected chi connectivity index (χ0v) is 12.9. The molecule has 19 heavy (non-hydrogen) atoms. The van der Waals surface area contributed by atoms with Gasteiger partial charge in [0.25, 0.3) is 0 Å². The van der Waals surface area contributed by atoms with Gasteiger partial charge in [-0.1, -0.05) is 26.7 Å². The maximum absolute atomic E-state index is 12.2. The van der Waals surface area contributed by atoms with Crippen LogP contribution in [0.4, 0.5) is 0 Å². The summed E-state index contributed by atoms with van der Waals surface area (Å²) < 4.78 is 0. The fourth-order valence-electron chi connectivity index (χ4n) is 2.55. The van der Waals surface area contributed by atoms with Gasteiger partial charge < -0.3 is 4.90 Å². The molecule has 1 fully saturated rings. The van der Waals surface area contributed by atoms with E-state index in [0.29, 0.717) is 0 Å². The van der Waals surface area contributed by atoms with Gasteiger partial charge in [-0.15, -0.1) is 0 Å². The van der Waals surface area contributed by atoms with Crippen LogP contribution in [0.15, 0.2) is 16.8 Å². The van der Waals surface area contributed by atoms with Gasteiger partial charge in [-0.3, -0.25) is 10.1 Å². The number of carbonyl (C=O) groups excluding carboxylic acids is 1. The maximum Gasteiger partial charge on any atom is 0.241 e. The van der Waals surface area contributed by atoms with E-state index < -0.39 is 0 Å². The zero-order valence-electron chi connectivity index (χ0n) is 12.1. The first kappa shape index (κ1) is 14.5. The number of nitrogens with zero attached hydrogens (tertiary/aromatic N) is 1. The summed E-state index contributed by atoms with van der Waals surface area (Å²) in [4.78, 5) is 14.2. The van der Waals surface area contributed by atoms with E-state index in [-0.39, 0.29) is 18.1 Å². The highest BCUT2D eigenvalue weighted by molar-refractivity contribution is 7.07. The molecule has 2 atom stereocenters. The van der Waals surface area contributed by atoms with Crippen LogP contribution in [-0.2, 0) is 4.79 Å². The number of nitrogens with one attached hydrogen (secondary N) is 1. The lowest BCUT2D eigenvalue weighted by Crippen LogP contribution is -2.31. The molecule has 0 aliphatic carbocycles. The number of rotatable bonds is 6. The Hall–Kier alpha value is -0.870. The molecule has 0 aromatic carbocycles. The topological polar surface area (TPSA) is 32.3 Å². The lowest BCUT2D eigenvalue weighted by atomic mass is 10.1. The van der Waals surface area contributed by atoms with Crippen LogP contribution in [-0.4, -0.2) is 23.4 Å². The summed E-state index contributed by atoms with van der Waals surface area (Å²) in [6, 6.07) is 2.05. The molecule has 2 unspecified atom stereocenters. The molecule has 2 rings (SSSR count). The Kier molecular flexibility index (Phi) is 4.99. The van der Waals surface area contributed by atoms with Crippen LogP contribution in [0.25, 0.3) is 0 Å². The van der Waals surface area contributed by atoms with Gasteiger partial charge in [0.1, 0.15) is 6.17 Å². The van der Waals surface area contributed by atoms with Crippen molar-refractivity contribution in [2.75, 3.05) is 6.54 Å². The lowest BCUT2D eigenvalue weighted by molar-refractivity contribution is -0.129. The van der Waals surface area contributed by atoms with Gasteiger partial charge in [-0.25, -0.2) is 0 Å². The summed E-state index contributed by atoms with van der Waals surface area (Å²) in [5, 5.41) is 7.59. The predicted molar refractivity (Wildman–Crippen MR) is 80.1 cm³/mol. The SMILES string of the molecule is CC(C)CCCCN1C(=O)C(C)NC1c1ccsc1. The van der Waals surface area contributed by atoms with Gasteiger partial charge in [0, 0.05) is 6.54 Å². The number of hydrogen-bond donors (Lipinski definition) is 1. The second-order valence-corrected chi connectivity index (χ2v) is 6.55. The van der Waals surface area contributed by atoms with Crippen molar-refractivity contribution in [1.82, 2.24) is 10.2 Å². The summed E-state index contributed by atoms with van der Waals surface area (Å²) in [7, 11) is 0. The second-order valence-electron chi connectivity index (χ2n) is 5.77. The third-order valence-electron chi connectivity index (χ3n) is 3.66. The van der Waals surface area contributed by atoms with Crippen LogP contribution < -0.4 is 5.32 Å². The number of carbonyl (C=O) groups is 1. The Balaban J connectivity index is 1.93. The highest BCUT2D eigenvalue weighted by Crippen LogP contribution is 2.27. The minimum Gasteiger partial charge on any atom is -0.322 e. The van der Waals surface area contributed by atoms with Crippen molar-refractivity contribution in [1.29, 1.82) is 0 Å². The number of hydrogen-bond acceptors (Lipinski definition) is 3. The van der Waals surface area contributed by atoms with Crippen LogP contribution in [0.3, 0.4) is 0 Å². The third-order valence-corrected chi connectivity index (χ3v) is 4.36. The van der Waals surface area contributed by atoms with E-state index >= 15 is 0 Å². The number of thiophene rings is 1. The van der Waals surface area contributed by atoms with E-state index in [9.17, 15) is 4.79 Å². The van der Waals surface area contributed by atoms with E-state index in [1.807, 2.05) is 11.8 Å². The van der Waals surface area contributed by atoms with Crippen LogP contribution in [0.5, 0.6) is 0 Å². The van der Waals surface area contributed by atoms with Gasteiger partial charge in [0.2, 0.25) is 5.91 Å². The van der Waals surface area contributed by atoms with Crippen molar-refractivity contribution >= 4 is 17.2 Å². The largest absolute Gasteiger partial charge is 0.322 e. The van der Waals surface area contributed by atoms with Gasteiger partial charge in [0.05, 0.1) is 6.04 Å². The van der Waals surface area contributed by atoms with Gasteiger partial charge in [-0.05, 0) is 41.7 Å². The number of unbranched alkanes of at least 4 members (excludes halogenated alkanes) is 1. The van der Waals surface area contributed by atoms with Crippen LogP contribution >= 0.6 is 11.3 Å². The maximum atomic E-state index is 12.2. The van der Waals surface area contributed by atoms with E-state index in [0.717, 1.165) is 18.9 Å². The van der Waals surface area contributed by atoms with Crippen molar-refractivity contribution in [2.24, 2.45) is 5.92 Å². The fraction of sp³-hybridized carbons (Fsp3) is 0.667. The molecule has 0 spiro atoms. The van der Waals surface area contributed by atoms with Crippen molar-refractivity contribution < 1.29 is 4.79 Å². The summed E-state index contributed by atoms with van der Waals surface area (Å²) in [6.45, 7) is 7.32. The predicted octanol–water partition coefficient (Wildman–Crippen LogP) is 3.39. The summed E-state index contributed by atoms with van der Waals surface area (Å²) in [5.41, 5.74) is 1.21. The third kappa shape index (κ3) is 3.57. The molecule has 1 amide bonds. The van der Waals surface area contributed by atoms with Crippen molar-refractivity contribution in [3.63, 3.8) is 0 Å². The molecule has 1 aliphatic rings. The van der Waals surface area contributed by atoms with E-state index in [1.54, 1.807) is 11.3 Å². The molecule has 0 saturated carbocycles. The molecular weight excluding hydrogens is 256 g/mol. The van der Waals surface area contributed by atoms with E-state index in [1.165, 1.54) is 18.4 Å². The smallest absolute Gasteiger partial charge is 0.241 e. The molecule has 1 aromatic heterocycles. The minimum atomic E-state index is -0.0602. The van der Waals surface area contributed by atoms with E-state index in [2.05, 4.69) is 36.0 Å². The Labute approximate surface area is 120 Å². The quantitative estimate of drug-likeness (QED) is 0.810. The first-order valence-electron chi connectivity index (χ1n) is 7.18. The Morgan fingerprint density at radius 1 is 1.42 bits per heavy atom. The first-order valence-corrected chi connectivity index (χ1v) is 8.12. The highest BCUT2D eigenvalue weighted by Gasteiger charge is 2.36. The second kappa shape index (κ2) is 6.53. The Bertz CT molecular complexity index is 402. The molecule has 3 nitrogen and oxygen atoms in total.